The van der Waals surface area contributed by atoms with Gasteiger partial charge in [-0.15, -0.1) is 11.3 Å². The molecule has 3 saturated carbocycles. The maximum Gasteiger partial charge on any atom is 0.192 e. The fourth-order valence-electron chi connectivity index (χ4n) is 8.22. The van der Waals surface area contributed by atoms with Crippen molar-refractivity contribution in [2.45, 2.75) is 168 Å². The van der Waals surface area contributed by atoms with Crippen LogP contribution >= 0.6 is 11.3 Å². The highest BCUT2D eigenvalue weighted by molar-refractivity contribution is 7.10. The van der Waals surface area contributed by atoms with Crippen LogP contribution in [0.2, 0.25) is 36.3 Å². The molecule has 1 N–H and O–H groups in total. The Hall–Kier alpha value is -0.766. The van der Waals surface area contributed by atoms with Crippen molar-refractivity contribution < 1.29 is 14.0 Å². The molecule has 1 heterocycles. The topological polar surface area (TPSA) is 38.7 Å². The van der Waals surface area contributed by atoms with Crippen molar-refractivity contribution in [2.24, 2.45) is 23.2 Å². The summed E-state index contributed by atoms with van der Waals surface area (Å²) in [5.41, 5.74) is 4.51. The van der Waals surface area contributed by atoms with E-state index in [2.05, 4.69) is 105 Å². The lowest BCUT2D eigenvalue weighted by molar-refractivity contribution is 0.0830. The van der Waals surface area contributed by atoms with Crippen molar-refractivity contribution in [3.63, 3.8) is 0 Å². The second-order valence-corrected chi connectivity index (χ2v) is 28.9. The van der Waals surface area contributed by atoms with E-state index in [-0.39, 0.29) is 28.4 Å². The van der Waals surface area contributed by atoms with Crippen LogP contribution in [0, 0.1) is 23.2 Å². The van der Waals surface area contributed by atoms with Crippen LogP contribution in [0.15, 0.2) is 53.0 Å². The number of thiophene rings is 1. The highest BCUT2D eigenvalue weighted by Gasteiger charge is 2.51. The van der Waals surface area contributed by atoms with Gasteiger partial charge in [0.2, 0.25) is 0 Å². The molecule has 260 valence electrons. The Balaban J connectivity index is 1.54. The molecule has 0 saturated heterocycles. The summed E-state index contributed by atoms with van der Waals surface area (Å²) in [5, 5.41) is 13.2. The molecule has 3 aliphatic rings. The largest absolute Gasteiger partial charge is 0.413 e. The monoisotopic (exact) mass is 684 g/mol. The van der Waals surface area contributed by atoms with Crippen molar-refractivity contribution in [2.75, 3.05) is 0 Å². The van der Waals surface area contributed by atoms with Crippen molar-refractivity contribution in [3.05, 3.63) is 57.8 Å². The first kappa shape index (κ1) is 38.0. The zero-order valence-electron chi connectivity index (χ0n) is 31.6. The third-order valence-corrected chi connectivity index (χ3v) is 23.2. The lowest BCUT2D eigenvalue weighted by Crippen LogP contribution is -2.49. The predicted molar refractivity (Wildman–Crippen MR) is 205 cm³/mol. The van der Waals surface area contributed by atoms with Gasteiger partial charge in [0, 0.05) is 11.3 Å². The van der Waals surface area contributed by atoms with E-state index >= 15 is 0 Å². The molecule has 0 aromatic carbocycles. The van der Waals surface area contributed by atoms with E-state index in [4.69, 9.17) is 15.4 Å². The van der Waals surface area contributed by atoms with Gasteiger partial charge in [-0.1, -0.05) is 85.8 Å². The maximum absolute atomic E-state index is 10.8. The first-order valence-electron chi connectivity index (χ1n) is 18.3. The zero-order valence-corrected chi connectivity index (χ0v) is 34.4. The van der Waals surface area contributed by atoms with Crippen LogP contribution in [0.5, 0.6) is 0 Å². The first-order chi connectivity index (χ1) is 21.2. The Morgan fingerprint density at radius 3 is 2.28 bits per heavy atom. The second-order valence-electron chi connectivity index (χ2n) is 18.4. The number of hydrogen-bond donors (Lipinski definition) is 1. The van der Waals surface area contributed by atoms with Crippen molar-refractivity contribution in [3.8, 4) is 0 Å². The van der Waals surface area contributed by atoms with E-state index in [0.717, 1.165) is 36.5 Å². The second kappa shape index (κ2) is 14.2. The summed E-state index contributed by atoms with van der Waals surface area (Å²) in [4.78, 5) is 1.11. The van der Waals surface area contributed by atoms with Crippen LogP contribution < -0.4 is 0 Å². The normalized spacial score (nSPS) is 31.4. The zero-order chi connectivity index (χ0) is 34.3. The molecule has 7 atom stereocenters. The molecule has 4 rings (SSSR count). The minimum atomic E-state index is -1.98. The smallest absolute Gasteiger partial charge is 0.192 e. The molecule has 0 spiro atoms. The van der Waals surface area contributed by atoms with Crippen molar-refractivity contribution in [1.82, 2.24) is 0 Å². The van der Waals surface area contributed by atoms with E-state index in [1.165, 1.54) is 43.3 Å². The number of allylic oxidation sites excluding steroid dienone is 3. The third kappa shape index (κ3) is 8.33. The van der Waals surface area contributed by atoms with Crippen LogP contribution in [0.25, 0.3) is 0 Å². The van der Waals surface area contributed by atoms with E-state index in [1.54, 1.807) is 16.9 Å². The SMILES string of the molecule is C=C1/C(=C\C=C2/CCC[C@]3(C)[C@@H]([C@H](C)CCC(O)c4cccs4)CC[C@@H]23)C[C@@H](O[Si](C)(C)C(C)(C)C)C[C@@H]1O[Si](C)(C)C(C)(C)C. The first-order valence-corrected chi connectivity index (χ1v) is 25.0. The van der Waals surface area contributed by atoms with Gasteiger partial charge in [-0.05, 0) is 133 Å². The molecule has 0 radical (unpaired) electrons. The Morgan fingerprint density at radius 2 is 1.67 bits per heavy atom. The average molecular weight is 685 g/mol. The Kier molecular flexibility index (Phi) is 11.8. The van der Waals surface area contributed by atoms with Crippen LogP contribution in [0.4, 0.5) is 0 Å². The third-order valence-electron chi connectivity index (χ3n) is 13.2. The molecule has 3 nitrogen and oxygen atoms in total. The van der Waals surface area contributed by atoms with E-state index in [9.17, 15) is 5.11 Å². The highest BCUT2D eigenvalue weighted by atomic mass is 32.1. The summed E-state index contributed by atoms with van der Waals surface area (Å²) in [6, 6.07) is 4.12. The van der Waals surface area contributed by atoms with Crippen LogP contribution in [0.1, 0.15) is 124 Å². The Labute approximate surface area is 289 Å². The van der Waals surface area contributed by atoms with Crippen molar-refractivity contribution in [1.29, 1.82) is 0 Å². The van der Waals surface area contributed by atoms with Gasteiger partial charge in [0.1, 0.15) is 0 Å². The quantitative estimate of drug-likeness (QED) is 0.249. The fraction of sp³-hybridized carbons (Fsp3) is 0.750. The molecule has 0 amide bonds. The van der Waals surface area contributed by atoms with E-state index < -0.39 is 16.6 Å². The van der Waals surface area contributed by atoms with Crippen LogP contribution in [-0.2, 0) is 8.85 Å². The summed E-state index contributed by atoms with van der Waals surface area (Å²) in [5.74, 6) is 2.00. The fourth-order valence-corrected chi connectivity index (χ4v) is 11.6. The average Bonchev–Trinajstić information content (AvgIpc) is 3.59. The number of aliphatic hydroxyl groups is 1. The molecular weight excluding hydrogens is 617 g/mol. The maximum atomic E-state index is 10.8. The van der Waals surface area contributed by atoms with Crippen molar-refractivity contribution >= 4 is 28.0 Å². The van der Waals surface area contributed by atoms with E-state index in [0.29, 0.717) is 17.3 Å². The molecule has 1 aromatic rings. The minimum Gasteiger partial charge on any atom is -0.413 e. The summed E-state index contributed by atoms with van der Waals surface area (Å²) >= 11 is 1.68. The van der Waals surface area contributed by atoms with Gasteiger partial charge in [0.25, 0.3) is 0 Å². The molecule has 3 fully saturated rings. The lowest BCUT2D eigenvalue weighted by Gasteiger charge is -2.46. The number of fused-ring (bicyclic) bond motifs is 1. The summed E-state index contributed by atoms with van der Waals surface area (Å²) in [6.45, 7) is 33.3. The lowest BCUT2D eigenvalue weighted by atomic mass is 9.60. The molecule has 0 aliphatic heterocycles. The van der Waals surface area contributed by atoms with Gasteiger partial charge in [0.05, 0.1) is 18.3 Å². The summed E-state index contributed by atoms with van der Waals surface area (Å²) < 4.78 is 14.2. The predicted octanol–water partition coefficient (Wildman–Crippen LogP) is 12.4. The van der Waals surface area contributed by atoms with Gasteiger partial charge in [0.15, 0.2) is 16.6 Å². The molecular formula is C40H68O3SSi2. The number of hydrogen-bond acceptors (Lipinski definition) is 4. The molecule has 1 unspecified atom stereocenters. The minimum absolute atomic E-state index is 0.0203. The Bertz CT molecular complexity index is 1250. The van der Waals surface area contributed by atoms with Gasteiger partial charge < -0.3 is 14.0 Å². The molecule has 3 aliphatic carbocycles. The van der Waals surface area contributed by atoms with Crippen LogP contribution in [0.3, 0.4) is 0 Å². The number of aliphatic hydroxyl groups excluding tert-OH is 1. The van der Waals surface area contributed by atoms with Crippen LogP contribution in [-0.4, -0.2) is 33.9 Å². The highest BCUT2D eigenvalue weighted by Crippen LogP contribution is 2.60. The summed E-state index contributed by atoms with van der Waals surface area (Å²) in [7, 11) is -3.91. The van der Waals surface area contributed by atoms with Gasteiger partial charge in [-0.3, -0.25) is 0 Å². The van der Waals surface area contributed by atoms with Gasteiger partial charge >= 0.3 is 0 Å². The molecule has 6 heteroatoms. The molecule has 46 heavy (non-hydrogen) atoms. The van der Waals surface area contributed by atoms with E-state index in [1.807, 2.05) is 6.07 Å². The van der Waals surface area contributed by atoms with Gasteiger partial charge in [-0.2, -0.15) is 0 Å². The Morgan fingerprint density at radius 1 is 1.02 bits per heavy atom. The molecule has 1 aromatic heterocycles. The number of rotatable bonds is 10. The molecule has 0 bridgehead atoms. The summed E-state index contributed by atoms with van der Waals surface area (Å²) in [6.07, 6.45) is 15.0. The van der Waals surface area contributed by atoms with Gasteiger partial charge in [-0.25, -0.2) is 0 Å². The standard InChI is InChI=1S/C40H68O3SSi2/c1-28(18-23-35(41)37-17-15-25-44-37)33-21-22-34-30(16-14-24-40(33,34)9)19-20-31-26-32(42-45(10,11)38(3,4)5)27-36(29(31)2)43-46(12,13)39(6,7)8/h15,17,19-20,25,28,32-36,41H,2,14,16,18,21-24,26-27H2,1,3-13H3/b30-19+,31-20-/t28-,32-,33-,34+,35?,36+,40-/m1/s1.